The summed E-state index contributed by atoms with van der Waals surface area (Å²) in [6, 6.07) is 8.44. The van der Waals surface area contributed by atoms with Crippen LogP contribution >= 0.6 is 23.9 Å². The van der Waals surface area contributed by atoms with Crippen molar-refractivity contribution >= 4 is 51.7 Å². The van der Waals surface area contributed by atoms with E-state index in [4.69, 9.17) is 0 Å². The third kappa shape index (κ3) is 5.61. The fourth-order valence-corrected chi connectivity index (χ4v) is 5.84. The van der Waals surface area contributed by atoms with E-state index in [2.05, 4.69) is 52.3 Å². The Bertz CT molecular complexity index is 908. The number of aromatic nitrogens is 1. The second-order valence-electron chi connectivity index (χ2n) is 9.39. The summed E-state index contributed by atoms with van der Waals surface area (Å²) in [4.78, 5) is 31.4. The van der Waals surface area contributed by atoms with E-state index in [-0.39, 0.29) is 29.6 Å². The number of anilines is 1. The molecule has 0 saturated carbocycles. The summed E-state index contributed by atoms with van der Waals surface area (Å²) in [7, 11) is 0. The zero-order valence-corrected chi connectivity index (χ0v) is 20.8. The number of piperazine rings is 1. The number of halogens is 1. The first-order chi connectivity index (χ1) is 15.0. The van der Waals surface area contributed by atoms with E-state index in [9.17, 15) is 9.59 Å². The fraction of sp³-hybridized carbons (Fsp3) is 0.625. The zero-order chi connectivity index (χ0) is 21.8. The molecule has 2 aliphatic rings. The number of carbonyl (C=O) groups excluding carboxylic acids is 2. The minimum absolute atomic E-state index is 0. The van der Waals surface area contributed by atoms with Crippen LogP contribution in [0.4, 0.5) is 5.82 Å². The molecule has 0 spiro atoms. The van der Waals surface area contributed by atoms with Crippen LogP contribution in [-0.2, 0) is 9.59 Å². The molecule has 0 aliphatic carbocycles. The molecule has 32 heavy (non-hydrogen) atoms. The third-order valence-corrected chi connectivity index (χ3v) is 7.56. The average Bonchev–Trinajstić information content (AvgIpc) is 3.17. The van der Waals surface area contributed by atoms with Gasteiger partial charge in [-0.05, 0) is 54.9 Å². The van der Waals surface area contributed by atoms with Gasteiger partial charge >= 0.3 is 0 Å². The van der Waals surface area contributed by atoms with Crippen LogP contribution in [0.5, 0.6) is 0 Å². The molecule has 0 N–H and O–H groups in total. The molecule has 2 aliphatic heterocycles. The van der Waals surface area contributed by atoms with Gasteiger partial charge in [0.05, 0.1) is 4.70 Å². The molecule has 1 aromatic carbocycles. The van der Waals surface area contributed by atoms with Crippen molar-refractivity contribution in [2.75, 3.05) is 44.2 Å². The van der Waals surface area contributed by atoms with E-state index in [1.54, 1.807) is 11.5 Å². The maximum absolute atomic E-state index is 12.5. The lowest BCUT2D eigenvalue weighted by Gasteiger charge is -2.37. The van der Waals surface area contributed by atoms with Crippen LogP contribution in [0.1, 0.15) is 52.4 Å². The maximum atomic E-state index is 12.5. The van der Waals surface area contributed by atoms with Crippen LogP contribution < -0.4 is 4.90 Å². The lowest BCUT2D eigenvalue weighted by atomic mass is 9.76. The summed E-state index contributed by atoms with van der Waals surface area (Å²) < 4.78 is 5.93. The molecule has 0 radical (unpaired) electrons. The number of imide groups is 1. The smallest absolute Gasteiger partial charge is 0.229 e. The Morgan fingerprint density at radius 2 is 1.66 bits per heavy atom. The van der Waals surface area contributed by atoms with E-state index in [0.717, 1.165) is 64.2 Å². The second kappa shape index (κ2) is 10.9. The molecule has 0 atom stereocenters. The van der Waals surface area contributed by atoms with Gasteiger partial charge < -0.3 is 4.90 Å². The SMILES string of the molecule is CCCC1(C)CC(=O)N(CCCCN2CCN(c3nsc4ccccc34)CC2)C(=O)C1.Cl. The molecule has 3 heterocycles. The van der Waals surface area contributed by atoms with Gasteiger partial charge in [-0.3, -0.25) is 19.4 Å². The highest BCUT2D eigenvalue weighted by atomic mass is 35.5. The Morgan fingerprint density at radius 3 is 2.34 bits per heavy atom. The van der Waals surface area contributed by atoms with E-state index in [1.165, 1.54) is 15.0 Å². The first-order valence-corrected chi connectivity index (χ1v) is 12.4. The van der Waals surface area contributed by atoms with Gasteiger partial charge in [0.25, 0.3) is 0 Å². The fourth-order valence-electron chi connectivity index (χ4n) is 5.04. The molecule has 6 nitrogen and oxygen atoms in total. The van der Waals surface area contributed by atoms with Gasteiger partial charge in [0, 0.05) is 51.0 Å². The van der Waals surface area contributed by atoms with Crippen molar-refractivity contribution in [3.05, 3.63) is 24.3 Å². The van der Waals surface area contributed by atoms with Gasteiger partial charge in [0.1, 0.15) is 5.82 Å². The van der Waals surface area contributed by atoms with Gasteiger partial charge in [-0.25, -0.2) is 0 Å². The summed E-state index contributed by atoms with van der Waals surface area (Å²) in [6.07, 6.45) is 4.89. The molecule has 2 saturated heterocycles. The topological polar surface area (TPSA) is 56.8 Å². The Morgan fingerprint density at radius 1 is 1.00 bits per heavy atom. The second-order valence-corrected chi connectivity index (χ2v) is 10.2. The molecule has 2 fully saturated rings. The first-order valence-electron chi connectivity index (χ1n) is 11.6. The molecule has 1 aromatic heterocycles. The van der Waals surface area contributed by atoms with Crippen LogP contribution in [0.3, 0.4) is 0 Å². The lowest BCUT2D eigenvalue weighted by molar-refractivity contribution is -0.153. The summed E-state index contributed by atoms with van der Waals surface area (Å²) in [5.74, 6) is 1.17. The lowest BCUT2D eigenvalue weighted by Crippen LogP contribution is -2.48. The Kier molecular flexibility index (Phi) is 8.53. The van der Waals surface area contributed by atoms with Crippen LogP contribution in [0.2, 0.25) is 0 Å². The first kappa shape index (κ1) is 24.9. The van der Waals surface area contributed by atoms with Crippen molar-refractivity contribution in [2.24, 2.45) is 5.41 Å². The number of piperidine rings is 1. The summed E-state index contributed by atoms with van der Waals surface area (Å²) in [5, 5.41) is 1.26. The van der Waals surface area contributed by atoms with Gasteiger partial charge in [0.2, 0.25) is 11.8 Å². The van der Waals surface area contributed by atoms with Crippen LogP contribution in [0, 0.1) is 5.41 Å². The quantitative estimate of drug-likeness (QED) is 0.410. The van der Waals surface area contributed by atoms with Gasteiger partial charge in [-0.2, -0.15) is 4.37 Å². The number of rotatable bonds is 8. The molecule has 0 unspecified atom stereocenters. The van der Waals surface area contributed by atoms with Crippen molar-refractivity contribution in [1.29, 1.82) is 0 Å². The average molecular weight is 479 g/mol. The van der Waals surface area contributed by atoms with E-state index in [0.29, 0.717) is 19.4 Å². The minimum Gasteiger partial charge on any atom is -0.353 e. The summed E-state index contributed by atoms with van der Waals surface area (Å²) in [6.45, 7) is 9.84. The predicted octanol–water partition coefficient (Wildman–Crippen LogP) is 4.58. The highest BCUT2D eigenvalue weighted by Crippen LogP contribution is 2.36. The predicted molar refractivity (Wildman–Crippen MR) is 134 cm³/mol. The van der Waals surface area contributed by atoms with Crippen molar-refractivity contribution in [1.82, 2.24) is 14.2 Å². The number of carbonyl (C=O) groups is 2. The molecular formula is C24H35ClN4O2S. The monoisotopic (exact) mass is 478 g/mol. The third-order valence-electron chi connectivity index (χ3n) is 6.75. The molecule has 0 bridgehead atoms. The number of benzene rings is 1. The van der Waals surface area contributed by atoms with Gasteiger partial charge in [-0.15, -0.1) is 12.4 Å². The van der Waals surface area contributed by atoms with Crippen molar-refractivity contribution < 1.29 is 9.59 Å². The maximum Gasteiger partial charge on any atom is 0.229 e. The number of hydrogen-bond acceptors (Lipinski definition) is 6. The number of amides is 2. The van der Waals surface area contributed by atoms with Gasteiger partial charge in [0.15, 0.2) is 0 Å². The highest BCUT2D eigenvalue weighted by molar-refractivity contribution is 7.13. The molecular weight excluding hydrogens is 444 g/mol. The molecule has 4 rings (SSSR count). The summed E-state index contributed by atoms with van der Waals surface area (Å²) in [5.41, 5.74) is -0.137. The van der Waals surface area contributed by atoms with E-state index in [1.807, 2.05) is 0 Å². The highest BCUT2D eigenvalue weighted by Gasteiger charge is 2.39. The standard InChI is InChI=1S/C24H34N4O2S.ClH/c1-3-10-24(2)17-21(29)28(22(30)18-24)12-7-6-11-26-13-15-27(16-14-26)23-19-8-4-5-9-20(19)31-25-23;/h4-5,8-9H,3,6-7,10-18H2,1-2H3;1H. The number of likely N-dealkylation sites (tertiary alicyclic amines) is 1. The normalized spacial score (nSPS) is 19.4. The Balaban J connectivity index is 0.00000289. The Hall–Kier alpha value is -1.70. The number of nitrogens with zero attached hydrogens (tertiary/aromatic N) is 4. The Labute approximate surface area is 201 Å². The molecule has 2 amide bonds. The van der Waals surface area contributed by atoms with Gasteiger partial charge in [-0.1, -0.05) is 32.4 Å². The van der Waals surface area contributed by atoms with Crippen molar-refractivity contribution in [3.63, 3.8) is 0 Å². The van der Waals surface area contributed by atoms with Crippen LogP contribution in [0.25, 0.3) is 10.1 Å². The summed E-state index contributed by atoms with van der Waals surface area (Å²) >= 11 is 1.58. The van der Waals surface area contributed by atoms with Crippen LogP contribution in [-0.4, -0.2) is 65.3 Å². The minimum atomic E-state index is -0.137. The molecule has 176 valence electrons. The van der Waals surface area contributed by atoms with Crippen LogP contribution in [0.15, 0.2) is 24.3 Å². The van der Waals surface area contributed by atoms with Crippen molar-refractivity contribution in [3.8, 4) is 0 Å². The largest absolute Gasteiger partial charge is 0.353 e. The molecule has 8 heteroatoms. The number of unbranched alkanes of at least 4 members (excludes halogenated alkanes) is 1. The number of fused-ring (bicyclic) bond motifs is 1. The molecule has 2 aromatic rings. The zero-order valence-electron chi connectivity index (χ0n) is 19.2. The number of hydrogen-bond donors (Lipinski definition) is 0. The van der Waals surface area contributed by atoms with Crippen molar-refractivity contribution in [2.45, 2.75) is 52.4 Å². The van der Waals surface area contributed by atoms with E-state index < -0.39 is 0 Å². The van der Waals surface area contributed by atoms with E-state index >= 15 is 0 Å².